The summed E-state index contributed by atoms with van der Waals surface area (Å²) >= 11 is 15.0. The fourth-order valence-corrected chi connectivity index (χ4v) is 2.09. The van der Waals surface area contributed by atoms with Crippen LogP contribution in [0.25, 0.3) is 0 Å². The molecular formula is C12H7BrCl2N2O2. The maximum atomic E-state index is 11.1. The summed E-state index contributed by atoms with van der Waals surface area (Å²) in [4.78, 5) is 15.1. The molecule has 0 aliphatic rings. The molecular weight excluding hydrogens is 355 g/mol. The molecule has 0 atom stereocenters. The number of aromatic carboxylic acids is 1. The number of aromatic nitrogens is 1. The Morgan fingerprint density at radius 1 is 1.26 bits per heavy atom. The zero-order chi connectivity index (χ0) is 14.0. The van der Waals surface area contributed by atoms with Gasteiger partial charge in [0.25, 0.3) is 0 Å². The number of pyridine rings is 1. The summed E-state index contributed by atoms with van der Waals surface area (Å²) in [5.74, 6) is -0.937. The van der Waals surface area contributed by atoms with E-state index in [9.17, 15) is 4.79 Å². The van der Waals surface area contributed by atoms with Crippen molar-refractivity contribution in [3.63, 3.8) is 0 Å². The topological polar surface area (TPSA) is 62.2 Å². The maximum absolute atomic E-state index is 11.1. The number of halogens is 3. The van der Waals surface area contributed by atoms with Crippen LogP contribution in [0.15, 0.2) is 34.8 Å². The highest BCUT2D eigenvalue weighted by atomic mass is 79.9. The van der Waals surface area contributed by atoms with E-state index in [2.05, 4.69) is 26.2 Å². The summed E-state index contributed by atoms with van der Waals surface area (Å²) in [7, 11) is 0. The fraction of sp³-hybridized carbons (Fsp3) is 0. The number of carbonyl (C=O) groups is 1. The third-order valence-electron chi connectivity index (χ3n) is 2.27. The Hall–Kier alpha value is -1.30. The summed E-state index contributed by atoms with van der Waals surface area (Å²) in [6.07, 6.45) is 0. The fourth-order valence-electron chi connectivity index (χ4n) is 1.42. The smallest absolute Gasteiger partial charge is 0.339 e. The molecule has 0 spiro atoms. The second kappa shape index (κ2) is 5.77. The van der Waals surface area contributed by atoms with Crippen molar-refractivity contribution in [2.24, 2.45) is 0 Å². The lowest BCUT2D eigenvalue weighted by Crippen LogP contribution is -2.05. The standard InChI is InChI=1S/C12H7BrCl2N2O2/c13-8-3-1-6(14)5-9(8)16-11-7(12(18)19)2-4-10(15)17-11/h1-5H,(H,16,17)(H,18,19). The Kier molecular flexibility index (Phi) is 4.29. The Balaban J connectivity index is 2.45. The summed E-state index contributed by atoms with van der Waals surface area (Å²) in [6, 6.07) is 7.91. The number of anilines is 2. The normalized spacial score (nSPS) is 10.3. The van der Waals surface area contributed by atoms with Gasteiger partial charge in [0.15, 0.2) is 0 Å². The van der Waals surface area contributed by atoms with E-state index < -0.39 is 5.97 Å². The highest BCUT2D eigenvalue weighted by Crippen LogP contribution is 2.29. The van der Waals surface area contributed by atoms with Crippen molar-refractivity contribution in [2.75, 3.05) is 5.32 Å². The van der Waals surface area contributed by atoms with E-state index in [1.165, 1.54) is 12.1 Å². The van der Waals surface area contributed by atoms with Crippen LogP contribution >= 0.6 is 39.1 Å². The highest BCUT2D eigenvalue weighted by Gasteiger charge is 2.13. The minimum atomic E-state index is -1.09. The molecule has 0 unspecified atom stereocenters. The minimum absolute atomic E-state index is 0.0243. The summed E-state index contributed by atoms with van der Waals surface area (Å²) in [6.45, 7) is 0. The van der Waals surface area contributed by atoms with Crippen LogP contribution in [-0.2, 0) is 0 Å². The molecule has 0 saturated heterocycles. The van der Waals surface area contributed by atoms with E-state index in [0.29, 0.717) is 10.7 Å². The molecule has 1 aromatic heterocycles. The van der Waals surface area contributed by atoms with Gasteiger partial charge in [-0.15, -0.1) is 0 Å². The molecule has 2 rings (SSSR count). The van der Waals surface area contributed by atoms with Crippen molar-refractivity contribution in [3.8, 4) is 0 Å². The van der Waals surface area contributed by atoms with Crippen LogP contribution in [0, 0.1) is 0 Å². The summed E-state index contributed by atoms with van der Waals surface area (Å²) in [5.41, 5.74) is 0.626. The quantitative estimate of drug-likeness (QED) is 0.784. The molecule has 0 bridgehead atoms. The van der Waals surface area contributed by atoms with Crippen molar-refractivity contribution < 1.29 is 9.90 Å². The molecule has 7 heteroatoms. The molecule has 0 amide bonds. The number of nitrogens with zero attached hydrogens (tertiary/aromatic N) is 1. The first-order valence-electron chi connectivity index (χ1n) is 5.09. The van der Waals surface area contributed by atoms with Crippen molar-refractivity contribution in [3.05, 3.63) is 50.5 Å². The van der Waals surface area contributed by atoms with Crippen molar-refractivity contribution in [1.82, 2.24) is 4.98 Å². The Morgan fingerprint density at radius 3 is 2.68 bits per heavy atom. The number of hydrogen-bond donors (Lipinski definition) is 2. The van der Waals surface area contributed by atoms with E-state index in [-0.39, 0.29) is 16.5 Å². The summed E-state index contributed by atoms with van der Waals surface area (Å²) < 4.78 is 0.731. The number of carboxylic acids is 1. The Labute approximate surface area is 127 Å². The molecule has 0 radical (unpaired) electrons. The zero-order valence-corrected chi connectivity index (χ0v) is 12.4. The number of hydrogen-bond acceptors (Lipinski definition) is 3. The van der Waals surface area contributed by atoms with Gasteiger partial charge in [-0.25, -0.2) is 9.78 Å². The van der Waals surface area contributed by atoms with Crippen LogP contribution in [0.2, 0.25) is 10.2 Å². The lowest BCUT2D eigenvalue weighted by atomic mass is 10.2. The van der Waals surface area contributed by atoms with Crippen molar-refractivity contribution in [1.29, 1.82) is 0 Å². The molecule has 2 aromatic rings. The molecule has 4 nitrogen and oxygen atoms in total. The van der Waals surface area contributed by atoms with Crippen LogP contribution in [0.1, 0.15) is 10.4 Å². The van der Waals surface area contributed by atoms with Crippen molar-refractivity contribution >= 4 is 56.6 Å². The van der Waals surface area contributed by atoms with Gasteiger partial charge in [0.1, 0.15) is 16.5 Å². The van der Waals surface area contributed by atoms with Gasteiger partial charge in [0.05, 0.1) is 5.69 Å². The third kappa shape index (κ3) is 3.37. The SMILES string of the molecule is O=C(O)c1ccc(Cl)nc1Nc1cc(Cl)ccc1Br. The van der Waals surface area contributed by atoms with Crippen LogP contribution in [-0.4, -0.2) is 16.1 Å². The molecule has 0 fully saturated rings. The van der Waals surface area contributed by atoms with Gasteiger partial charge in [-0.1, -0.05) is 23.2 Å². The molecule has 19 heavy (non-hydrogen) atoms. The predicted molar refractivity (Wildman–Crippen MR) is 78.6 cm³/mol. The average molecular weight is 362 g/mol. The van der Waals surface area contributed by atoms with Gasteiger partial charge < -0.3 is 10.4 Å². The van der Waals surface area contributed by atoms with Gasteiger partial charge in [-0.05, 0) is 46.3 Å². The molecule has 2 N–H and O–H groups in total. The molecule has 0 aliphatic heterocycles. The van der Waals surface area contributed by atoms with Gasteiger partial charge in [0, 0.05) is 9.50 Å². The van der Waals surface area contributed by atoms with Crippen LogP contribution < -0.4 is 5.32 Å². The molecule has 0 aliphatic carbocycles. The first kappa shape index (κ1) is 14.1. The Bertz CT molecular complexity index is 650. The van der Waals surface area contributed by atoms with Gasteiger partial charge in [-0.2, -0.15) is 0 Å². The molecule has 0 saturated carbocycles. The first-order chi connectivity index (χ1) is 8.97. The largest absolute Gasteiger partial charge is 0.478 e. The van der Waals surface area contributed by atoms with E-state index in [1.807, 2.05) is 0 Å². The predicted octanol–water partition coefficient (Wildman–Crippen LogP) is 4.59. The average Bonchev–Trinajstić information content (AvgIpc) is 2.33. The second-order valence-electron chi connectivity index (χ2n) is 3.58. The maximum Gasteiger partial charge on any atom is 0.339 e. The monoisotopic (exact) mass is 360 g/mol. The molecule has 98 valence electrons. The molecule has 1 aromatic carbocycles. The van der Waals surface area contributed by atoms with Crippen molar-refractivity contribution in [2.45, 2.75) is 0 Å². The minimum Gasteiger partial charge on any atom is -0.478 e. The van der Waals surface area contributed by atoms with Crippen LogP contribution in [0.3, 0.4) is 0 Å². The third-order valence-corrected chi connectivity index (χ3v) is 3.41. The van der Waals surface area contributed by atoms with E-state index >= 15 is 0 Å². The van der Waals surface area contributed by atoms with Gasteiger partial charge >= 0.3 is 5.97 Å². The van der Waals surface area contributed by atoms with Gasteiger partial charge in [0.2, 0.25) is 0 Å². The van der Waals surface area contributed by atoms with Crippen LogP contribution in [0.4, 0.5) is 11.5 Å². The Morgan fingerprint density at radius 2 is 2.00 bits per heavy atom. The summed E-state index contributed by atoms with van der Waals surface area (Å²) in [5, 5.41) is 12.7. The van der Waals surface area contributed by atoms with Crippen LogP contribution in [0.5, 0.6) is 0 Å². The lowest BCUT2D eigenvalue weighted by Gasteiger charge is -2.10. The first-order valence-corrected chi connectivity index (χ1v) is 6.64. The zero-order valence-electron chi connectivity index (χ0n) is 9.32. The lowest BCUT2D eigenvalue weighted by molar-refractivity contribution is 0.0697. The van der Waals surface area contributed by atoms with E-state index in [4.69, 9.17) is 28.3 Å². The number of benzene rings is 1. The van der Waals surface area contributed by atoms with E-state index in [1.54, 1.807) is 18.2 Å². The number of carboxylic acid groups (broad SMARTS) is 1. The van der Waals surface area contributed by atoms with Gasteiger partial charge in [-0.3, -0.25) is 0 Å². The number of nitrogens with one attached hydrogen (secondary N) is 1. The number of rotatable bonds is 3. The molecule has 1 heterocycles. The second-order valence-corrected chi connectivity index (χ2v) is 5.26. The highest BCUT2D eigenvalue weighted by molar-refractivity contribution is 9.10. The van der Waals surface area contributed by atoms with E-state index in [0.717, 1.165) is 4.47 Å².